The summed E-state index contributed by atoms with van der Waals surface area (Å²) in [5, 5.41) is 3.12. The number of carbonyl (C=O) groups excluding carboxylic acids is 2. The Morgan fingerprint density at radius 1 is 0.966 bits per heavy atom. The number of rotatable bonds is 7. The number of amides is 2. The van der Waals surface area contributed by atoms with E-state index in [1.807, 2.05) is 41.3 Å². The molecule has 2 heterocycles. The first-order chi connectivity index (χ1) is 14.2. The van der Waals surface area contributed by atoms with Crippen LogP contribution in [0.5, 0.6) is 0 Å². The molecular weight excluding hydrogens is 362 g/mol. The Morgan fingerprint density at radius 3 is 2.34 bits per heavy atom. The summed E-state index contributed by atoms with van der Waals surface area (Å²) in [5.41, 5.74) is 1.02. The topological polar surface area (TPSA) is 52.7 Å². The van der Waals surface area contributed by atoms with Gasteiger partial charge in [-0.2, -0.15) is 0 Å². The summed E-state index contributed by atoms with van der Waals surface area (Å²) in [6.07, 6.45) is 11.4. The van der Waals surface area contributed by atoms with Crippen molar-refractivity contribution in [1.82, 2.24) is 15.1 Å². The number of hydrogen-bond acceptors (Lipinski definition) is 3. The van der Waals surface area contributed by atoms with Gasteiger partial charge in [0.05, 0.1) is 0 Å². The molecule has 2 saturated heterocycles. The van der Waals surface area contributed by atoms with Crippen molar-refractivity contribution in [2.24, 2.45) is 5.92 Å². The van der Waals surface area contributed by atoms with Crippen LogP contribution in [0, 0.1) is 5.92 Å². The lowest BCUT2D eigenvalue weighted by molar-refractivity contribution is -0.132. The van der Waals surface area contributed by atoms with Gasteiger partial charge in [-0.15, -0.1) is 0 Å². The molecule has 0 unspecified atom stereocenters. The van der Waals surface area contributed by atoms with Crippen molar-refractivity contribution < 1.29 is 9.59 Å². The average Bonchev–Trinajstić information content (AvgIpc) is 3.04. The Kier molecular flexibility index (Phi) is 8.75. The fraction of sp³-hybridized carbons (Fsp3) is 0.583. The molecule has 2 aliphatic heterocycles. The first kappa shape index (κ1) is 21.6. The van der Waals surface area contributed by atoms with Crippen molar-refractivity contribution in [2.75, 3.05) is 39.3 Å². The minimum atomic E-state index is 0.0326. The summed E-state index contributed by atoms with van der Waals surface area (Å²) in [7, 11) is 0. The largest absolute Gasteiger partial charge is 0.356 e. The van der Waals surface area contributed by atoms with E-state index in [2.05, 4.69) is 10.2 Å². The Hall–Kier alpha value is -2.14. The van der Waals surface area contributed by atoms with E-state index < -0.39 is 0 Å². The normalized spacial score (nSPS) is 19.2. The van der Waals surface area contributed by atoms with Gasteiger partial charge in [0, 0.05) is 31.6 Å². The Balaban J connectivity index is 1.31. The van der Waals surface area contributed by atoms with Gasteiger partial charge in [0.1, 0.15) is 0 Å². The van der Waals surface area contributed by atoms with Gasteiger partial charge in [-0.05, 0) is 63.4 Å². The van der Waals surface area contributed by atoms with E-state index in [1.54, 1.807) is 6.08 Å². The van der Waals surface area contributed by atoms with E-state index in [9.17, 15) is 9.59 Å². The summed E-state index contributed by atoms with van der Waals surface area (Å²) in [4.78, 5) is 29.2. The van der Waals surface area contributed by atoms with E-state index in [0.717, 1.165) is 37.9 Å². The number of hydrogen-bond donors (Lipinski definition) is 1. The number of piperidine rings is 1. The third-order valence-corrected chi connectivity index (χ3v) is 6.04. The SMILES string of the molecule is O=C(NCCCN1CCCCCC1)C1CCN(C(=O)C=Cc2ccccc2)CC1. The van der Waals surface area contributed by atoms with Gasteiger partial charge in [-0.3, -0.25) is 9.59 Å². The molecule has 0 aromatic heterocycles. The number of carbonyl (C=O) groups is 2. The second-order valence-electron chi connectivity index (χ2n) is 8.24. The quantitative estimate of drug-likeness (QED) is 0.567. The number of likely N-dealkylation sites (tertiary alicyclic amines) is 2. The zero-order valence-electron chi connectivity index (χ0n) is 17.5. The standard InChI is InChI=1S/C24H35N3O2/c28-23(12-11-21-9-4-3-5-10-21)27-19-13-22(14-20-27)24(29)25-15-8-18-26-16-6-1-2-7-17-26/h3-5,9-12,22H,1-2,6-8,13-20H2,(H,25,29). The average molecular weight is 398 g/mol. The van der Waals surface area contributed by atoms with Gasteiger partial charge in [0.2, 0.25) is 11.8 Å². The molecule has 0 radical (unpaired) electrons. The van der Waals surface area contributed by atoms with Crippen molar-refractivity contribution in [3.05, 3.63) is 42.0 Å². The number of benzene rings is 1. The predicted molar refractivity (Wildman–Crippen MR) is 117 cm³/mol. The van der Waals surface area contributed by atoms with Crippen LogP contribution in [0.15, 0.2) is 36.4 Å². The molecular formula is C24H35N3O2. The van der Waals surface area contributed by atoms with Crippen LogP contribution in [-0.4, -0.2) is 60.9 Å². The van der Waals surface area contributed by atoms with Gasteiger partial charge in [-0.25, -0.2) is 0 Å². The highest BCUT2D eigenvalue weighted by atomic mass is 16.2. The second kappa shape index (κ2) is 11.8. The molecule has 1 N–H and O–H groups in total. The zero-order valence-corrected chi connectivity index (χ0v) is 17.5. The second-order valence-corrected chi connectivity index (χ2v) is 8.24. The summed E-state index contributed by atoms with van der Waals surface area (Å²) >= 11 is 0. The summed E-state index contributed by atoms with van der Waals surface area (Å²) in [6.45, 7) is 5.57. The van der Waals surface area contributed by atoms with Crippen molar-refractivity contribution in [2.45, 2.75) is 44.9 Å². The van der Waals surface area contributed by atoms with E-state index >= 15 is 0 Å². The van der Waals surface area contributed by atoms with Gasteiger partial charge in [-0.1, -0.05) is 43.2 Å². The Bertz CT molecular complexity index is 658. The molecule has 1 aromatic carbocycles. The lowest BCUT2D eigenvalue weighted by atomic mass is 9.95. The maximum absolute atomic E-state index is 12.4. The third-order valence-electron chi connectivity index (χ3n) is 6.04. The molecule has 1 aromatic rings. The van der Waals surface area contributed by atoms with E-state index in [1.165, 1.54) is 38.8 Å². The molecule has 0 atom stereocenters. The van der Waals surface area contributed by atoms with Crippen LogP contribution in [0.2, 0.25) is 0 Å². The molecule has 0 bridgehead atoms. The van der Waals surface area contributed by atoms with Crippen LogP contribution in [0.1, 0.15) is 50.5 Å². The lowest BCUT2D eigenvalue weighted by Crippen LogP contribution is -2.43. The molecule has 5 heteroatoms. The molecule has 29 heavy (non-hydrogen) atoms. The van der Waals surface area contributed by atoms with Crippen molar-refractivity contribution in [3.63, 3.8) is 0 Å². The van der Waals surface area contributed by atoms with Crippen LogP contribution >= 0.6 is 0 Å². The van der Waals surface area contributed by atoms with Crippen LogP contribution < -0.4 is 5.32 Å². The highest BCUT2D eigenvalue weighted by molar-refractivity contribution is 5.92. The minimum absolute atomic E-state index is 0.0326. The molecule has 0 aliphatic carbocycles. The molecule has 158 valence electrons. The fourth-order valence-corrected chi connectivity index (χ4v) is 4.22. The maximum atomic E-state index is 12.4. The van der Waals surface area contributed by atoms with Crippen molar-refractivity contribution >= 4 is 17.9 Å². The zero-order chi connectivity index (χ0) is 20.3. The monoisotopic (exact) mass is 397 g/mol. The van der Waals surface area contributed by atoms with Crippen LogP contribution in [0.25, 0.3) is 6.08 Å². The minimum Gasteiger partial charge on any atom is -0.356 e. The fourth-order valence-electron chi connectivity index (χ4n) is 4.22. The first-order valence-corrected chi connectivity index (χ1v) is 11.2. The Morgan fingerprint density at radius 2 is 1.66 bits per heavy atom. The van der Waals surface area contributed by atoms with Gasteiger partial charge in [0.15, 0.2) is 0 Å². The smallest absolute Gasteiger partial charge is 0.246 e. The van der Waals surface area contributed by atoms with Gasteiger partial charge < -0.3 is 15.1 Å². The molecule has 2 aliphatic rings. The number of nitrogens with zero attached hydrogens (tertiary/aromatic N) is 2. The summed E-state index contributed by atoms with van der Waals surface area (Å²) in [6, 6.07) is 9.84. The van der Waals surface area contributed by atoms with E-state index in [-0.39, 0.29) is 17.7 Å². The van der Waals surface area contributed by atoms with Gasteiger partial charge >= 0.3 is 0 Å². The lowest BCUT2D eigenvalue weighted by Gasteiger charge is -2.30. The molecule has 0 saturated carbocycles. The third kappa shape index (κ3) is 7.32. The van der Waals surface area contributed by atoms with Crippen LogP contribution in [-0.2, 0) is 9.59 Å². The van der Waals surface area contributed by atoms with Crippen molar-refractivity contribution in [3.8, 4) is 0 Å². The van der Waals surface area contributed by atoms with Crippen LogP contribution in [0.4, 0.5) is 0 Å². The van der Waals surface area contributed by atoms with E-state index in [4.69, 9.17) is 0 Å². The number of nitrogens with one attached hydrogen (secondary N) is 1. The highest BCUT2D eigenvalue weighted by Crippen LogP contribution is 2.18. The highest BCUT2D eigenvalue weighted by Gasteiger charge is 2.26. The summed E-state index contributed by atoms with van der Waals surface area (Å²) < 4.78 is 0. The molecule has 0 spiro atoms. The molecule has 5 nitrogen and oxygen atoms in total. The predicted octanol–water partition coefficient (Wildman–Crippen LogP) is 3.32. The van der Waals surface area contributed by atoms with E-state index in [0.29, 0.717) is 13.1 Å². The molecule has 2 amide bonds. The van der Waals surface area contributed by atoms with Crippen LogP contribution in [0.3, 0.4) is 0 Å². The Labute approximate surface area is 175 Å². The first-order valence-electron chi connectivity index (χ1n) is 11.2. The van der Waals surface area contributed by atoms with Gasteiger partial charge in [0.25, 0.3) is 0 Å². The van der Waals surface area contributed by atoms with Crippen molar-refractivity contribution in [1.29, 1.82) is 0 Å². The molecule has 2 fully saturated rings. The maximum Gasteiger partial charge on any atom is 0.246 e. The summed E-state index contributed by atoms with van der Waals surface area (Å²) in [5.74, 6) is 0.230. The molecule has 3 rings (SSSR count).